The summed E-state index contributed by atoms with van der Waals surface area (Å²) in [6.45, 7) is 7.20. The van der Waals surface area contributed by atoms with E-state index in [2.05, 4.69) is 13.8 Å². The SMILES string of the molecule is Cc1ccc(N)cc1C(=O)N1CC(C)CCCC1C.Cl. The summed E-state index contributed by atoms with van der Waals surface area (Å²) in [4.78, 5) is 14.8. The van der Waals surface area contributed by atoms with Crippen LogP contribution in [-0.4, -0.2) is 23.4 Å². The van der Waals surface area contributed by atoms with Crippen LogP contribution in [0.4, 0.5) is 5.69 Å². The molecule has 3 nitrogen and oxygen atoms in total. The number of likely N-dealkylation sites (tertiary alicyclic amines) is 1. The van der Waals surface area contributed by atoms with Crippen molar-refractivity contribution in [3.05, 3.63) is 29.3 Å². The van der Waals surface area contributed by atoms with Gasteiger partial charge in [-0.1, -0.05) is 19.4 Å². The van der Waals surface area contributed by atoms with Gasteiger partial charge in [0.1, 0.15) is 0 Å². The van der Waals surface area contributed by atoms with Gasteiger partial charge in [-0.2, -0.15) is 0 Å². The number of aryl methyl sites for hydroxylation is 1. The fourth-order valence-electron chi connectivity index (χ4n) is 2.83. The lowest BCUT2D eigenvalue weighted by molar-refractivity contribution is 0.0677. The minimum Gasteiger partial charge on any atom is -0.399 e. The Kier molecular flexibility index (Phi) is 5.88. The van der Waals surface area contributed by atoms with E-state index in [0.29, 0.717) is 17.6 Å². The highest BCUT2D eigenvalue weighted by Gasteiger charge is 2.26. The number of nitrogens with zero attached hydrogens (tertiary/aromatic N) is 1. The number of benzene rings is 1. The third-order valence-electron chi connectivity index (χ3n) is 4.11. The molecule has 1 aromatic carbocycles. The Labute approximate surface area is 127 Å². The molecule has 2 atom stereocenters. The smallest absolute Gasteiger partial charge is 0.254 e. The van der Waals surface area contributed by atoms with Crippen molar-refractivity contribution in [2.45, 2.75) is 46.1 Å². The molecule has 0 aliphatic carbocycles. The van der Waals surface area contributed by atoms with Gasteiger partial charge in [0.05, 0.1) is 0 Å². The van der Waals surface area contributed by atoms with E-state index < -0.39 is 0 Å². The second-order valence-electron chi connectivity index (χ2n) is 5.92. The van der Waals surface area contributed by atoms with E-state index in [9.17, 15) is 4.79 Å². The highest BCUT2D eigenvalue weighted by atomic mass is 35.5. The van der Waals surface area contributed by atoms with Crippen LogP contribution in [0.5, 0.6) is 0 Å². The predicted octanol–water partition coefficient (Wildman–Crippen LogP) is 3.65. The number of halogens is 1. The molecule has 1 aromatic rings. The molecule has 1 aliphatic heterocycles. The first-order chi connectivity index (χ1) is 8.99. The van der Waals surface area contributed by atoms with E-state index in [0.717, 1.165) is 24.1 Å². The van der Waals surface area contributed by atoms with Crippen molar-refractivity contribution in [3.63, 3.8) is 0 Å². The highest BCUT2D eigenvalue weighted by molar-refractivity contribution is 5.96. The molecule has 2 rings (SSSR count). The molecule has 20 heavy (non-hydrogen) atoms. The Morgan fingerprint density at radius 3 is 2.70 bits per heavy atom. The van der Waals surface area contributed by atoms with Gasteiger partial charge in [-0.05, 0) is 50.3 Å². The van der Waals surface area contributed by atoms with E-state index >= 15 is 0 Å². The minimum atomic E-state index is 0. The molecule has 1 saturated heterocycles. The molecule has 1 heterocycles. The average Bonchev–Trinajstić information content (AvgIpc) is 2.53. The van der Waals surface area contributed by atoms with E-state index in [4.69, 9.17) is 5.73 Å². The van der Waals surface area contributed by atoms with Crippen LogP contribution in [-0.2, 0) is 0 Å². The summed E-state index contributed by atoms with van der Waals surface area (Å²) in [5.74, 6) is 0.710. The molecule has 4 heteroatoms. The molecule has 0 saturated carbocycles. The van der Waals surface area contributed by atoms with Gasteiger partial charge >= 0.3 is 0 Å². The van der Waals surface area contributed by atoms with E-state index in [1.807, 2.05) is 24.0 Å². The average molecular weight is 297 g/mol. The number of amides is 1. The number of carbonyl (C=O) groups is 1. The molecular weight excluding hydrogens is 272 g/mol. The minimum absolute atomic E-state index is 0. The predicted molar refractivity (Wildman–Crippen MR) is 86.4 cm³/mol. The quantitative estimate of drug-likeness (QED) is 0.804. The number of anilines is 1. The van der Waals surface area contributed by atoms with E-state index in [-0.39, 0.29) is 18.3 Å². The summed E-state index contributed by atoms with van der Waals surface area (Å²) in [7, 11) is 0. The Balaban J connectivity index is 0.00000200. The summed E-state index contributed by atoms with van der Waals surface area (Å²) in [5.41, 5.74) is 8.23. The first-order valence-electron chi connectivity index (χ1n) is 7.16. The van der Waals surface area contributed by atoms with Crippen molar-refractivity contribution in [2.75, 3.05) is 12.3 Å². The molecule has 112 valence electrons. The Bertz CT molecular complexity index is 476. The van der Waals surface area contributed by atoms with Gasteiger partial charge in [-0.25, -0.2) is 0 Å². The number of carbonyl (C=O) groups excluding carboxylic acids is 1. The van der Waals surface area contributed by atoms with Gasteiger partial charge in [-0.15, -0.1) is 12.4 Å². The Morgan fingerprint density at radius 2 is 2.00 bits per heavy atom. The van der Waals surface area contributed by atoms with Crippen molar-refractivity contribution in [2.24, 2.45) is 5.92 Å². The van der Waals surface area contributed by atoms with Gasteiger partial charge in [0.2, 0.25) is 0 Å². The Morgan fingerprint density at radius 1 is 1.30 bits per heavy atom. The fraction of sp³-hybridized carbons (Fsp3) is 0.562. The lowest BCUT2D eigenvalue weighted by atomic mass is 10.0. The summed E-state index contributed by atoms with van der Waals surface area (Å²) in [5, 5.41) is 0. The van der Waals surface area contributed by atoms with Crippen LogP contribution in [0, 0.1) is 12.8 Å². The van der Waals surface area contributed by atoms with Gasteiger partial charge in [0.15, 0.2) is 0 Å². The molecule has 1 aliphatic rings. The largest absolute Gasteiger partial charge is 0.399 e. The van der Waals surface area contributed by atoms with E-state index in [1.165, 1.54) is 12.8 Å². The summed E-state index contributed by atoms with van der Waals surface area (Å²) in [6.07, 6.45) is 3.52. The topological polar surface area (TPSA) is 46.3 Å². The monoisotopic (exact) mass is 296 g/mol. The first-order valence-corrected chi connectivity index (χ1v) is 7.16. The molecule has 0 aromatic heterocycles. The molecule has 2 N–H and O–H groups in total. The summed E-state index contributed by atoms with van der Waals surface area (Å²) >= 11 is 0. The number of hydrogen-bond acceptors (Lipinski definition) is 2. The maximum atomic E-state index is 12.8. The standard InChI is InChI=1S/C16H24N2O.ClH/c1-11-5-4-6-13(3)18(10-11)16(19)15-9-14(17)8-7-12(15)2;/h7-9,11,13H,4-6,10,17H2,1-3H3;1H. The fourth-order valence-corrected chi connectivity index (χ4v) is 2.83. The van der Waals surface area contributed by atoms with Crippen LogP contribution in [0.2, 0.25) is 0 Å². The van der Waals surface area contributed by atoms with Crippen LogP contribution < -0.4 is 5.73 Å². The highest BCUT2D eigenvalue weighted by Crippen LogP contribution is 2.24. The number of nitrogens with two attached hydrogens (primary N) is 1. The van der Waals surface area contributed by atoms with Gasteiger partial charge < -0.3 is 10.6 Å². The molecular formula is C16H25ClN2O. The normalized spacial score (nSPS) is 22.9. The lowest BCUT2D eigenvalue weighted by Crippen LogP contribution is -2.40. The summed E-state index contributed by atoms with van der Waals surface area (Å²) < 4.78 is 0. The maximum Gasteiger partial charge on any atom is 0.254 e. The van der Waals surface area contributed by atoms with Crippen LogP contribution in [0.1, 0.15) is 49.0 Å². The molecule has 1 fully saturated rings. The molecule has 0 radical (unpaired) electrons. The van der Waals surface area contributed by atoms with Gasteiger partial charge in [0, 0.05) is 23.8 Å². The summed E-state index contributed by atoms with van der Waals surface area (Å²) in [6, 6.07) is 5.90. The van der Waals surface area contributed by atoms with Crippen molar-refractivity contribution in [3.8, 4) is 0 Å². The second-order valence-corrected chi connectivity index (χ2v) is 5.92. The third-order valence-corrected chi connectivity index (χ3v) is 4.11. The first kappa shape index (κ1) is 16.8. The van der Waals surface area contributed by atoms with Crippen LogP contribution in [0.3, 0.4) is 0 Å². The van der Waals surface area contributed by atoms with Crippen LogP contribution >= 0.6 is 12.4 Å². The zero-order chi connectivity index (χ0) is 14.0. The van der Waals surface area contributed by atoms with Crippen molar-refractivity contribution < 1.29 is 4.79 Å². The van der Waals surface area contributed by atoms with E-state index in [1.54, 1.807) is 6.07 Å². The lowest BCUT2D eigenvalue weighted by Gasteiger charge is -2.29. The Hall–Kier alpha value is -1.22. The van der Waals surface area contributed by atoms with Crippen molar-refractivity contribution in [1.29, 1.82) is 0 Å². The molecule has 2 unspecified atom stereocenters. The molecule has 0 bridgehead atoms. The molecule has 0 spiro atoms. The molecule has 1 amide bonds. The number of hydrogen-bond donors (Lipinski definition) is 1. The van der Waals surface area contributed by atoms with Crippen molar-refractivity contribution in [1.82, 2.24) is 4.90 Å². The van der Waals surface area contributed by atoms with Crippen molar-refractivity contribution >= 4 is 24.0 Å². The number of nitrogen functional groups attached to an aromatic ring is 1. The maximum absolute atomic E-state index is 12.8. The van der Waals surface area contributed by atoms with Gasteiger partial charge in [-0.3, -0.25) is 4.79 Å². The van der Waals surface area contributed by atoms with Crippen LogP contribution in [0.25, 0.3) is 0 Å². The third kappa shape index (κ3) is 3.66. The second kappa shape index (κ2) is 6.98. The van der Waals surface area contributed by atoms with Gasteiger partial charge in [0.25, 0.3) is 5.91 Å². The zero-order valence-corrected chi connectivity index (χ0v) is 13.4. The zero-order valence-electron chi connectivity index (χ0n) is 12.6. The van der Waals surface area contributed by atoms with Crippen LogP contribution in [0.15, 0.2) is 18.2 Å². The number of rotatable bonds is 1.